The average Bonchev–Trinajstić information content (AvgIpc) is 2.56. The number of rotatable bonds is 10. The van der Waals surface area contributed by atoms with Gasteiger partial charge >= 0.3 is 21.2 Å². The number of hydrogen-bond acceptors (Lipinski definition) is 3. The SMILES string of the molecule is CCOCCOCCOc1ccccc1[I+]c1ccccc1. The van der Waals surface area contributed by atoms with Crippen molar-refractivity contribution in [2.45, 2.75) is 6.92 Å². The van der Waals surface area contributed by atoms with Crippen molar-refractivity contribution < 1.29 is 35.4 Å². The molecular formula is C18H22IO3+. The summed E-state index contributed by atoms with van der Waals surface area (Å²) in [7, 11) is 0. The zero-order valence-electron chi connectivity index (χ0n) is 12.8. The molecule has 0 bridgehead atoms. The number of benzene rings is 2. The van der Waals surface area contributed by atoms with Crippen LogP contribution < -0.4 is 25.9 Å². The van der Waals surface area contributed by atoms with Crippen LogP contribution in [-0.4, -0.2) is 33.0 Å². The Hall–Kier alpha value is -1.11. The number of halogens is 1. The topological polar surface area (TPSA) is 27.7 Å². The predicted octanol–water partition coefficient (Wildman–Crippen LogP) is 0.247. The molecule has 0 unspecified atom stereocenters. The highest BCUT2D eigenvalue weighted by atomic mass is 127. The lowest BCUT2D eigenvalue weighted by Crippen LogP contribution is -3.61. The highest BCUT2D eigenvalue weighted by Crippen LogP contribution is 2.08. The van der Waals surface area contributed by atoms with Crippen LogP contribution in [0.15, 0.2) is 54.6 Å². The van der Waals surface area contributed by atoms with Crippen LogP contribution in [0.5, 0.6) is 5.75 Å². The molecule has 0 heterocycles. The molecule has 0 aliphatic carbocycles. The highest BCUT2D eigenvalue weighted by molar-refractivity contribution is 5.20. The van der Waals surface area contributed by atoms with E-state index in [9.17, 15) is 0 Å². The van der Waals surface area contributed by atoms with Gasteiger partial charge in [-0.05, 0) is 31.2 Å². The van der Waals surface area contributed by atoms with Crippen LogP contribution in [0.4, 0.5) is 0 Å². The Morgan fingerprint density at radius 3 is 2.27 bits per heavy atom. The minimum absolute atomic E-state index is 0.213. The van der Waals surface area contributed by atoms with E-state index in [-0.39, 0.29) is 21.2 Å². The molecule has 0 spiro atoms. The largest absolute Gasteiger partial charge is 0.486 e. The van der Waals surface area contributed by atoms with Crippen LogP contribution in [0, 0.1) is 7.14 Å². The van der Waals surface area contributed by atoms with Gasteiger partial charge in [0.1, 0.15) is 6.61 Å². The summed E-state index contributed by atoms with van der Waals surface area (Å²) in [5.41, 5.74) is 0. The van der Waals surface area contributed by atoms with Crippen LogP contribution in [0.2, 0.25) is 0 Å². The lowest BCUT2D eigenvalue weighted by atomic mass is 10.3. The van der Waals surface area contributed by atoms with Gasteiger partial charge in [-0.3, -0.25) is 0 Å². The van der Waals surface area contributed by atoms with Gasteiger partial charge in [0.05, 0.1) is 19.8 Å². The molecule has 0 aromatic heterocycles. The summed E-state index contributed by atoms with van der Waals surface area (Å²) < 4.78 is 19.3. The third-order valence-electron chi connectivity index (χ3n) is 2.84. The van der Waals surface area contributed by atoms with Crippen LogP contribution in [0.3, 0.4) is 0 Å². The van der Waals surface area contributed by atoms with Crippen LogP contribution in [0.1, 0.15) is 6.92 Å². The quantitative estimate of drug-likeness (QED) is 0.413. The first-order valence-corrected chi connectivity index (χ1v) is 9.63. The first-order valence-electron chi connectivity index (χ1n) is 7.47. The standard InChI is InChI=1S/C18H22IO3/c1-2-20-12-13-21-14-15-22-18-11-7-6-10-17(18)19-16-8-4-3-5-9-16/h3-11H,2,12-15H2,1H3/q+1. The van der Waals surface area contributed by atoms with Crippen molar-refractivity contribution >= 4 is 0 Å². The maximum Gasteiger partial charge on any atom is 0.362 e. The Bertz CT molecular complexity index is 531. The second kappa shape index (κ2) is 10.6. The minimum atomic E-state index is -0.213. The van der Waals surface area contributed by atoms with E-state index in [1.54, 1.807) is 0 Å². The third-order valence-corrected chi connectivity index (χ3v) is 5.66. The smallest absolute Gasteiger partial charge is 0.362 e. The molecule has 3 nitrogen and oxygen atoms in total. The second-order valence-electron chi connectivity index (χ2n) is 4.48. The molecule has 0 saturated carbocycles. The zero-order valence-corrected chi connectivity index (χ0v) is 15.0. The Labute approximate surface area is 142 Å². The molecule has 2 aromatic rings. The molecule has 118 valence electrons. The summed E-state index contributed by atoms with van der Waals surface area (Å²) in [6, 6.07) is 18.9. The summed E-state index contributed by atoms with van der Waals surface area (Å²) in [4.78, 5) is 0. The van der Waals surface area contributed by atoms with E-state index in [1.165, 1.54) is 7.14 Å². The molecule has 0 radical (unpaired) electrons. The van der Waals surface area contributed by atoms with Crippen molar-refractivity contribution in [3.8, 4) is 5.75 Å². The molecule has 2 rings (SSSR count). The van der Waals surface area contributed by atoms with Gasteiger partial charge in [-0.25, -0.2) is 0 Å². The monoisotopic (exact) mass is 413 g/mol. The fourth-order valence-electron chi connectivity index (χ4n) is 1.81. The van der Waals surface area contributed by atoms with E-state index < -0.39 is 0 Å². The van der Waals surface area contributed by atoms with Gasteiger partial charge in [-0.15, -0.1) is 0 Å². The van der Waals surface area contributed by atoms with E-state index >= 15 is 0 Å². The summed E-state index contributed by atoms with van der Waals surface area (Å²) in [5, 5.41) is 0. The van der Waals surface area contributed by atoms with Gasteiger partial charge < -0.3 is 14.2 Å². The molecule has 0 atom stereocenters. The van der Waals surface area contributed by atoms with Gasteiger partial charge in [0.15, 0.2) is 9.32 Å². The molecule has 4 heteroatoms. The Morgan fingerprint density at radius 2 is 1.45 bits per heavy atom. The molecule has 22 heavy (non-hydrogen) atoms. The summed E-state index contributed by atoms with van der Waals surface area (Å²) in [6.45, 7) is 5.14. The molecule has 2 aromatic carbocycles. The third kappa shape index (κ3) is 6.34. The maximum absolute atomic E-state index is 5.88. The fourth-order valence-corrected chi connectivity index (χ4v) is 4.24. The van der Waals surface area contributed by atoms with Crippen molar-refractivity contribution in [3.05, 3.63) is 61.7 Å². The van der Waals surface area contributed by atoms with E-state index in [0.717, 1.165) is 12.4 Å². The molecule has 0 aliphatic rings. The first-order chi connectivity index (χ1) is 10.9. The number of ether oxygens (including phenoxy) is 3. The second-order valence-corrected chi connectivity index (χ2v) is 7.43. The number of hydrogen-bond donors (Lipinski definition) is 0. The van der Waals surface area contributed by atoms with Gasteiger partial charge in [-0.2, -0.15) is 0 Å². The van der Waals surface area contributed by atoms with Crippen LogP contribution in [0.25, 0.3) is 0 Å². The molecule has 0 saturated heterocycles. The van der Waals surface area contributed by atoms with Gasteiger partial charge in [0.25, 0.3) is 0 Å². The van der Waals surface area contributed by atoms with Crippen LogP contribution >= 0.6 is 0 Å². The molecule has 0 N–H and O–H groups in total. The predicted molar refractivity (Wildman–Crippen MR) is 83.1 cm³/mol. The van der Waals surface area contributed by atoms with Crippen molar-refractivity contribution in [3.63, 3.8) is 0 Å². The minimum Gasteiger partial charge on any atom is -0.486 e. The Morgan fingerprint density at radius 1 is 0.773 bits per heavy atom. The van der Waals surface area contributed by atoms with E-state index in [2.05, 4.69) is 42.5 Å². The van der Waals surface area contributed by atoms with E-state index in [0.29, 0.717) is 26.4 Å². The molecular weight excluding hydrogens is 391 g/mol. The fraction of sp³-hybridized carbons (Fsp3) is 0.333. The van der Waals surface area contributed by atoms with Gasteiger partial charge in [0, 0.05) is 6.61 Å². The summed E-state index contributed by atoms with van der Waals surface area (Å²) >= 11 is -0.213. The molecule has 0 amide bonds. The highest BCUT2D eigenvalue weighted by Gasteiger charge is 2.20. The van der Waals surface area contributed by atoms with E-state index in [4.69, 9.17) is 14.2 Å². The maximum atomic E-state index is 5.88. The van der Waals surface area contributed by atoms with Crippen molar-refractivity contribution in [2.24, 2.45) is 0 Å². The summed E-state index contributed by atoms with van der Waals surface area (Å²) in [5.74, 6) is 0.979. The lowest BCUT2D eigenvalue weighted by Gasteiger charge is -2.07. The first kappa shape index (κ1) is 17.2. The van der Waals surface area contributed by atoms with Crippen molar-refractivity contribution in [2.75, 3.05) is 33.0 Å². The van der Waals surface area contributed by atoms with E-state index in [1.807, 2.05) is 19.1 Å². The van der Waals surface area contributed by atoms with Crippen molar-refractivity contribution in [1.82, 2.24) is 0 Å². The average molecular weight is 413 g/mol. The normalized spacial score (nSPS) is 10.6. The Kier molecular flexibility index (Phi) is 8.30. The number of para-hydroxylation sites is 1. The summed E-state index contributed by atoms with van der Waals surface area (Å²) in [6.07, 6.45) is 0. The zero-order chi connectivity index (χ0) is 15.5. The van der Waals surface area contributed by atoms with Gasteiger partial charge in [-0.1, -0.05) is 30.3 Å². The lowest BCUT2D eigenvalue weighted by molar-refractivity contribution is -0.598. The Balaban J connectivity index is 1.79. The van der Waals surface area contributed by atoms with Crippen molar-refractivity contribution in [1.29, 1.82) is 0 Å². The molecule has 0 fully saturated rings. The van der Waals surface area contributed by atoms with Crippen LogP contribution in [-0.2, 0) is 9.47 Å². The molecule has 0 aliphatic heterocycles. The van der Waals surface area contributed by atoms with Gasteiger partial charge in [0.2, 0.25) is 3.57 Å².